The maximum atomic E-state index is 12.2. The zero-order valence-corrected chi connectivity index (χ0v) is 11.1. The van der Waals surface area contributed by atoms with Crippen molar-refractivity contribution in [1.29, 1.82) is 0 Å². The van der Waals surface area contributed by atoms with E-state index in [0.717, 1.165) is 0 Å². The van der Waals surface area contributed by atoms with E-state index < -0.39 is 23.4 Å². The molecule has 0 unspecified atom stereocenters. The zero-order chi connectivity index (χ0) is 14.8. The molecule has 0 aromatic carbocycles. The summed E-state index contributed by atoms with van der Waals surface area (Å²) in [6.07, 6.45) is 0. The first-order valence-electron chi connectivity index (χ1n) is 6.34. The van der Waals surface area contributed by atoms with Crippen LogP contribution in [-0.2, 0) is 14.4 Å². The largest absolute Gasteiger partial charge is 0.353 e. The molecular weight excluding hydrogens is 266 g/mol. The monoisotopic (exact) mass is 283 g/mol. The van der Waals surface area contributed by atoms with Gasteiger partial charge in [0.25, 0.3) is 11.8 Å². The van der Waals surface area contributed by atoms with Gasteiger partial charge in [0.2, 0.25) is 5.91 Å². The van der Waals surface area contributed by atoms with Gasteiger partial charge < -0.3 is 10.6 Å². The molecule has 2 fully saturated rings. The third kappa shape index (κ3) is 2.49. The van der Waals surface area contributed by atoms with E-state index in [2.05, 4.69) is 21.3 Å². The molecular formula is C11H17N5O4. The molecule has 0 bridgehead atoms. The summed E-state index contributed by atoms with van der Waals surface area (Å²) >= 11 is 0. The van der Waals surface area contributed by atoms with Gasteiger partial charge in [-0.05, 0) is 0 Å². The van der Waals surface area contributed by atoms with Crippen molar-refractivity contribution in [2.75, 3.05) is 32.7 Å². The van der Waals surface area contributed by atoms with Gasteiger partial charge in [-0.25, -0.2) is 4.79 Å². The Kier molecular flexibility index (Phi) is 4.00. The highest BCUT2D eigenvalue weighted by Gasteiger charge is 2.54. The molecule has 2 rings (SSSR count). The average molecular weight is 283 g/mol. The van der Waals surface area contributed by atoms with Gasteiger partial charge in [-0.2, -0.15) is 0 Å². The molecule has 0 radical (unpaired) electrons. The molecule has 2 saturated heterocycles. The van der Waals surface area contributed by atoms with Crippen LogP contribution in [0.2, 0.25) is 0 Å². The van der Waals surface area contributed by atoms with Gasteiger partial charge in [-0.1, -0.05) is 0 Å². The molecule has 0 aromatic rings. The SMILES string of the molecule is CC(=O)NCC1(N2CCNCC2)C(=O)NC(=O)NC1=O. The summed E-state index contributed by atoms with van der Waals surface area (Å²) in [5, 5.41) is 9.81. The third-order valence-electron chi connectivity index (χ3n) is 3.46. The van der Waals surface area contributed by atoms with E-state index in [4.69, 9.17) is 0 Å². The van der Waals surface area contributed by atoms with Crippen LogP contribution in [-0.4, -0.2) is 66.9 Å². The standard InChI is InChI=1S/C11H17N5O4/c1-7(17)13-6-11(16-4-2-12-3-5-16)8(18)14-10(20)15-9(11)19/h12H,2-6H2,1H3,(H,13,17)(H2,14,15,18,19,20). The number of carbonyl (C=O) groups excluding carboxylic acids is 4. The van der Waals surface area contributed by atoms with Crippen molar-refractivity contribution < 1.29 is 19.2 Å². The molecule has 0 aromatic heterocycles. The van der Waals surface area contributed by atoms with E-state index in [-0.39, 0.29) is 12.5 Å². The number of imide groups is 2. The number of urea groups is 1. The molecule has 0 spiro atoms. The topological polar surface area (TPSA) is 120 Å². The highest BCUT2D eigenvalue weighted by molar-refractivity contribution is 6.22. The molecule has 9 heteroatoms. The van der Waals surface area contributed by atoms with Gasteiger partial charge in [0, 0.05) is 33.1 Å². The summed E-state index contributed by atoms with van der Waals surface area (Å²) < 4.78 is 0. The fourth-order valence-electron chi connectivity index (χ4n) is 2.41. The van der Waals surface area contributed by atoms with E-state index >= 15 is 0 Å². The first-order valence-corrected chi connectivity index (χ1v) is 6.34. The lowest BCUT2D eigenvalue weighted by molar-refractivity contribution is -0.148. The first-order chi connectivity index (χ1) is 9.46. The molecule has 0 atom stereocenters. The molecule has 2 aliphatic heterocycles. The smallest absolute Gasteiger partial charge is 0.328 e. The van der Waals surface area contributed by atoms with E-state index in [9.17, 15) is 19.2 Å². The van der Waals surface area contributed by atoms with E-state index in [1.165, 1.54) is 6.92 Å². The minimum atomic E-state index is -1.58. The van der Waals surface area contributed by atoms with E-state index in [0.29, 0.717) is 26.2 Å². The number of piperazine rings is 1. The van der Waals surface area contributed by atoms with Crippen molar-refractivity contribution in [2.45, 2.75) is 12.5 Å². The molecule has 110 valence electrons. The van der Waals surface area contributed by atoms with Crippen LogP contribution >= 0.6 is 0 Å². The lowest BCUT2D eigenvalue weighted by atomic mass is 9.91. The highest BCUT2D eigenvalue weighted by atomic mass is 16.2. The molecule has 9 nitrogen and oxygen atoms in total. The van der Waals surface area contributed by atoms with Crippen molar-refractivity contribution in [3.05, 3.63) is 0 Å². The van der Waals surface area contributed by atoms with Crippen LogP contribution in [0, 0.1) is 0 Å². The van der Waals surface area contributed by atoms with Crippen LogP contribution < -0.4 is 21.3 Å². The summed E-state index contributed by atoms with van der Waals surface area (Å²) in [5.41, 5.74) is -1.58. The fraction of sp³-hybridized carbons (Fsp3) is 0.636. The second-order valence-corrected chi connectivity index (χ2v) is 4.74. The minimum Gasteiger partial charge on any atom is -0.353 e. The van der Waals surface area contributed by atoms with Crippen LogP contribution in [0.3, 0.4) is 0 Å². The van der Waals surface area contributed by atoms with Crippen LogP contribution in [0.5, 0.6) is 0 Å². The lowest BCUT2D eigenvalue weighted by Crippen LogP contribution is -2.77. The number of barbiturate groups is 1. The predicted octanol–water partition coefficient (Wildman–Crippen LogP) is -2.87. The average Bonchev–Trinajstić information content (AvgIpc) is 2.39. The molecule has 0 saturated carbocycles. The van der Waals surface area contributed by atoms with Crippen LogP contribution in [0.25, 0.3) is 0 Å². The van der Waals surface area contributed by atoms with E-state index in [1.54, 1.807) is 4.90 Å². The Morgan fingerprint density at radius 3 is 2.25 bits per heavy atom. The Morgan fingerprint density at radius 2 is 1.75 bits per heavy atom. The van der Waals surface area contributed by atoms with Crippen molar-refractivity contribution in [1.82, 2.24) is 26.2 Å². The summed E-state index contributed by atoms with van der Waals surface area (Å²) in [6, 6.07) is -0.839. The first kappa shape index (κ1) is 14.4. The lowest BCUT2D eigenvalue weighted by Gasteiger charge is -2.44. The van der Waals surface area contributed by atoms with Crippen LogP contribution in [0.1, 0.15) is 6.92 Å². The number of nitrogens with one attached hydrogen (secondary N) is 4. The molecule has 5 amide bonds. The summed E-state index contributed by atoms with van der Waals surface area (Å²) in [6.45, 7) is 3.30. The predicted molar refractivity (Wildman–Crippen MR) is 67.5 cm³/mol. The fourth-order valence-corrected chi connectivity index (χ4v) is 2.41. The number of rotatable bonds is 3. The summed E-state index contributed by atoms with van der Waals surface area (Å²) in [5.74, 6) is -1.76. The second kappa shape index (κ2) is 5.55. The summed E-state index contributed by atoms with van der Waals surface area (Å²) in [7, 11) is 0. The second-order valence-electron chi connectivity index (χ2n) is 4.74. The number of hydrogen-bond donors (Lipinski definition) is 4. The quantitative estimate of drug-likeness (QED) is 0.413. The van der Waals surface area contributed by atoms with Gasteiger partial charge in [-0.15, -0.1) is 0 Å². The minimum absolute atomic E-state index is 0.173. The van der Waals surface area contributed by atoms with Gasteiger partial charge in [0.15, 0.2) is 5.54 Å². The van der Waals surface area contributed by atoms with Crippen LogP contribution in [0.4, 0.5) is 4.79 Å². The maximum Gasteiger partial charge on any atom is 0.328 e. The number of hydrogen-bond acceptors (Lipinski definition) is 6. The van der Waals surface area contributed by atoms with Gasteiger partial charge in [0.05, 0.1) is 6.54 Å². The molecule has 20 heavy (non-hydrogen) atoms. The van der Waals surface area contributed by atoms with Gasteiger partial charge in [0.1, 0.15) is 0 Å². The highest BCUT2D eigenvalue weighted by Crippen LogP contribution is 2.19. The van der Waals surface area contributed by atoms with Gasteiger partial charge >= 0.3 is 6.03 Å². The molecule has 2 heterocycles. The van der Waals surface area contributed by atoms with E-state index in [1.807, 2.05) is 0 Å². The summed E-state index contributed by atoms with van der Waals surface area (Å²) in [4.78, 5) is 48.5. The van der Waals surface area contributed by atoms with Crippen molar-refractivity contribution in [3.8, 4) is 0 Å². The normalized spacial score (nSPS) is 22.9. The molecule has 4 N–H and O–H groups in total. The Balaban J connectivity index is 2.31. The molecule has 0 aliphatic carbocycles. The van der Waals surface area contributed by atoms with Crippen molar-refractivity contribution in [3.63, 3.8) is 0 Å². The Hall–Kier alpha value is -2.00. The number of carbonyl (C=O) groups is 4. The van der Waals surface area contributed by atoms with Crippen molar-refractivity contribution in [2.24, 2.45) is 0 Å². The van der Waals surface area contributed by atoms with Crippen LogP contribution in [0.15, 0.2) is 0 Å². The number of nitrogens with zero attached hydrogens (tertiary/aromatic N) is 1. The third-order valence-corrected chi connectivity index (χ3v) is 3.46. The number of amides is 5. The Morgan fingerprint density at radius 1 is 1.20 bits per heavy atom. The zero-order valence-electron chi connectivity index (χ0n) is 11.1. The van der Waals surface area contributed by atoms with Gasteiger partial charge in [-0.3, -0.25) is 29.9 Å². The Bertz CT molecular complexity index is 438. The maximum absolute atomic E-state index is 12.2. The van der Waals surface area contributed by atoms with Crippen molar-refractivity contribution >= 4 is 23.8 Å². The molecule has 2 aliphatic rings. The Labute approximate surface area is 115 Å².